The molecule has 4 heteroatoms. The maximum absolute atomic E-state index is 13.1. The second-order valence-corrected chi connectivity index (χ2v) is 6.79. The van der Waals surface area contributed by atoms with E-state index in [0.29, 0.717) is 17.9 Å². The molecule has 0 radical (unpaired) electrons. The van der Waals surface area contributed by atoms with E-state index in [-0.39, 0.29) is 16.6 Å². The Morgan fingerprint density at radius 3 is 2.89 bits per heavy atom. The number of hydrogen-bond acceptors (Lipinski definition) is 2. The van der Waals surface area contributed by atoms with Crippen LogP contribution >= 0.6 is 0 Å². The molecule has 4 aliphatic rings. The molecular weight excluding hydrogens is 240 g/mol. The third-order valence-corrected chi connectivity index (χ3v) is 5.90. The smallest absolute Gasteiger partial charge is 0.246 e. The Bertz CT molecular complexity index is 432. The summed E-state index contributed by atoms with van der Waals surface area (Å²) in [5.41, 5.74) is 0. The molecule has 3 saturated heterocycles. The quantitative estimate of drug-likeness (QED) is 0.492. The summed E-state index contributed by atoms with van der Waals surface area (Å²) in [6, 6.07) is 0.589. The first-order valence-corrected chi connectivity index (χ1v) is 7.74. The highest BCUT2D eigenvalue weighted by Crippen LogP contribution is 2.47. The van der Waals surface area contributed by atoms with E-state index in [2.05, 4.69) is 4.90 Å². The van der Waals surface area contributed by atoms with E-state index >= 15 is 0 Å². The van der Waals surface area contributed by atoms with Crippen molar-refractivity contribution in [2.45, 2.75) is 44.2 Å². The average Bonchev–Trinajstić information content (AvgIpc) is 2.40. The van der Waals surface area contributed by atoms with Gasteiger partial charge in [0.15, 0.2) is 0 Å². The van der Waals surface area contributed by atoms with Crippen molar-refractivity contribution >= 4 is 5.91 Å². The van der Waals surface area contributed by atoms with E-state index in [1.807, 2.05) is 6.08 Å². The van der Waals surface area contributed by atoms with Crippen molar-refractivity contribution in [1.29, 1.82) is 0 Å². The predicted octanol–water partition coefficient (Wildman–Crippen LogP) is 1.66. The largest absolute Gasteiger partial charge is 0.633 e. The number of carbonyl (C=O) groups is 1. The Morgan fingerprint density at radius 2 is 2.05 bits per heavy atom. The number of quaternary nitrogens is 1. The zero-order valence-corrected chi connectivity index (χ0v) is 11.3. The van der Waals surface area contributed by atoms with Crippen molar-refractivity contribution in [3.63, 3.8) is 0 Å². The van der Waals surface area contributed by atoms with Gasteiger partial charge in [-0.05, 0) is 38.2 Å². The molecule has 4 heterocycles. The molecule has 0 saturated carbocycles. The predicted molar refractivity (Wildman–Crippen MR) is 71.9 cm³/mol. The maximum atomic E-state index is 13.1. The second-order valence-electron chi connectivity index (χ2n) is 6.79. The molecule has 4 nitrogen and oxygen atoms in total. The average molecular weight is 262 g/mol. The van der Waals surface area contributed by atoms with Crippen LogP contribution in [0.15, 0.2) is 12.2 Å². The van der Waals surface area contributed by atoms with Gasteiger partial charge in [0.1, 0.15) is 0 Å². The van der Waals surface area contributed by atoms with Crippen molar-refractivity contribution in [1.82, 2.24) is 4.90 Å². The summed E-state index contributed by atoms with van der Waals surface area (Å²) in [6.45, 7) is 2.46. The topological polar surface area (TPSA) is 43.4 Å². The lowest BCUT2D eigenvalue weighted by Crippen LogP contribution is -2.71. The lowest BCUT2D eigenvalue weighted by Gasteiger charge is -2.64. The van der Waals surface area contributed by atoms with Crippen molar-refractivity contribution in [2.24, 2.45) is 11.8 Å². The summed E-state index contributed by atoms with van der Waals surface area (Å²) in [5.74, 6) is 1.07. The minimum Gasteiger partial charge on any atom is -0.633 e. The molecule has 0 aromatic heterocycles. The van der Waals surface area contributed by atoms with Crippen molar-refractivity contribution in [3.05, 3.63) is 17.4 Å². The Balaban J connectivity index is 1.72. The Morgan fingerprint density at radius 1 is 1.26 bits per heavy atom. The van der Waals surface area contributed by atoms with Crippen LogP contribution in [0.5, 0.6) is 0 Å². The Labute approximate surface area is 114 Å². The van der Waals surface area contributed by atoms with Gasteiger partial charge in [0, 0.05) is 24.4 Å². The molecule has 0 N–H and O–H groups in total. The van der Waals surface area contributed by atoms with Crippen LogP contribution in [0.25, 0.3) is 0 Å². The van der Waals surface area contributed by atoms with Crippen LogP contribution in [0.3, 0.4) is 0 Å². The lowest BCUT2D eigenvalue weighted by atomic mass is 9.68. The standard InChI is InChI=1S/C15H22N2O2/c18-14-7-1-6-13-12-5-3-9-17(19)8-2-4-11(15(12)17)10-16(13)14/h1,7,11-13,15H,2-6,8-10H2/t11-,12-,13-,15-,17+/m1/s1. The van der Waals surface area contributed by atoms with Crippen LogP contribution in [0, 0.1) is 17.0 Å². The fraction of sp³-hybridized carbons (Fsp3) is 0.800. The molecule has 4 aliphatic heterocycles. The molecule has 4 rings (SSSR count). The first-order valence-electron chi connectivity index (χ1n) is 7.74. The third kappa shape index (κ3) is 1.62. The minimum atomic E-state index is 0.0532. The monoisotopic (exact) mass is 262 g/mol. The van der Waals surface area contributed by atoms with Gasteiger partial charge in [-0.3, -0.25) is 4.79 Å². The lowest BCUT2D eigenvalue weighted by molar-refractivity contribution is -0.925. The van der Waals surface area contributed by atoms with Gasteiger partial charge >= 0.3 is 0 Å². The zero-order chi connectivity index (χ0) is 13.0. The van der Waals surface area contributed by atoms with E-state index in [0.717, 1.165) is 51.7 Å². The van der Waals surface area contributed by atoms with E-state index in [1.54, 1.807) is 6.08 Å². The number of amides is 1. The summed E-state index contributed by atoms with van der Waals surface area (Å²) in [7, 11) is 0. The Hall–Kier alpha value is -0.870. The minimum absolute atomic E-state index is 0.0532. The summed E-state index contributed by atoms with van der Waals surface area (Å²) in [5, 5.41) is 13.1. The highest BCUT2D eigenvalue weighted by molar-refractivity contribution is 5.88. The van der Waals surface area contributed by atoms with Crippen LogP contribution < -0.4 is 0 Å². The first-order chi connectivity index (χ1) is 9.19. The Kier molecular flexibility index (Phi) is 2.55. The van der Waals surface area contributed by atoms with Crippen LogP contribution in [-0.2, 0) is 4.79 Å². The molecule has 1 amide bonds. The van der Waals surface area contributed by atoms with E-state index < -0.39 is 0 Å². The maximum Gasteiger partial charge on any atom is 0.246 e. The van der Waals surface area contributed by atoms with Crippen LogP contribution in [-0.4, -0.2) is 47.2 Å². The number of fused-ring (bicyclic) bond motifs is 2. The van der Waals surface area contributed by atoms with Crippen LogP contribution in [0.1, 0.15) is 32.1 Å². The van der Waals surface area contributed by atoms with Gasteiger partial charge < -0.3 is 14.8 Å². The van der Waals surface area contributed by atoms with Gasteiger partial charge in [0.05, 0.1) is 19.1 Å². The van der Waals surface area contributed by atoms with Crippen LogP contribution in [0.2, 0.25) is 0 Å². The molecule has 0 aliphatic carbocycles. The molecule has 0 bridgehead atoms. The zero-order valence-electron chi connectivity index (χ0n) is 11.3. The van der Waals surface area contributed by atoms with Crippen molar-refractivity contribution in [3.8, 4) is 0 Å². The van der Waals surface area contributed by atoms with Crippen molar-refractivity contribution < 1.29 is 9.44 Å². The SMILES string of the molecule is O=C1C=CC[C@@H]2[C@H]3CCC[N@@+]4([O-])CCC[C@H](CN12)[C@H]34. The number of carbonyl (C=O) groups excluding carboxylic acids is 1. The number of hydroxylamine groups is 3. The molecule has 104 valence electrons. The first kappa shape index (κ1) is 11.9. The van der Waals surface area contributed by atoms with E-state index in [1.165, 1.54) is 0 Å². The van der Waals surface area contributed by atoms with Gasteiger partial charge in [0.2, 0.25) is 5.91 Å². The fourth-order valence-electron chi connectivity index (χ4n) is 5.25. The summed E-state index contributed by atoms with van der Waals surface area (Å²) in [4.78, 5) is 14.2. The summed E-state index contributed by atoms with van der Waals surface area (Å²) in [6.07, 6.45) is 9.07. The van der Waals surface area contributed by atoms with Gasteiger partial charge in [-0.1, -0.05) is 6.08 Å². The number of piperidine rings is 3. The molecule has 3 fully saturated rings. The van der Waals surface area contributed by atoms with E-state index in [4.69, 9.17) is 0 Å². The molecule has 19 heavy (non-hydrogen) atoms. The number of rotatable bonds is 0. The summed E-state index contributed by atoms with van der Waals surface area (Å²) >= 11 is 0. The van der Waals surface area contributed by atoms with Crippen LogP contribution in [0.4, 0.5) is 0 Å². The fourth-order valence-corrected chi connectivity index (χ4v) is 5.25. The normalized spacial score (nSPS) is 48.7. The van der Waals surface area contributed by atoms with Crippen molar-refractivity contribution in [2.75, 3.05) is 19.6 Å². The second kappa shape index (κ2) is 4.06. The molecule has 5 atom stereocenters. The number of hydrogen-bond donors (Lipinski definition) is 0. The molecule has 0 spiro atoms. The highest BCUT2D eigenvalue weighted by atomic mass is 16.5. The highest BCUT2D eigenvalue weighted by Gasteiger charge is 2.54. The van der Waals surface area contributed by atoms with Gasteiger partial charge in [-0.15, -0.1) is 0 Å². The molecular formula is C15H22N2O2. The summed E-state index contributed by atoms with van der Waals surface area (Å²) < 4.78 is 0.0532. The van der Waals surface area contributed by atoms with Gasteiger partial charge in [0.25, 0.3) is 0 Å². The molecule has 0 unspecified atom stereocenters. The van der Waals surface area contributed by atoms with E-state index in [9.17, 15) is 10.0 Å². The third-order valence-electron chi connectivity index (χ3n) is 5.90. The van der Waals surface area contributed by atoms with Gasteiger partial charge in [-0.25, -0.2) is 0 Å². The van der Waals surface area contributed by atoms with Gasteiger partial charge in [-0.2, -0.15) is 0 Å². The molecule has 0 aromatic rings. The molecule has 0 aromatic carbocycles. The number of nitrogens with zero attached hydrogens (tertiary/aromatic N) is 2.